The second kappa shape index (κ2) is 4.26. The van der Waals surface area contributed by atoms with E-state index in [1.807, 2.05) is 6.07 Å². The summed E-state index contributed by atoms with van der Waals surface area (Å²) < 4.78 is 0. The van der Waals surface area contributed by atoms with Gasteiger partial charge < -0.3 is 0 Å². The zero-order valence-electron chi connectivity index (χ0n) is 10.3. The van der Waals surface area contributed by atoms with Crippen LogP contribution < -0.4 is 0 Å². The number of rotatable bonds is 2. The van der Waals surface area contributed by atoms with E-state index in [2.05, 4.69) is 36.1 Å². The van der Waals surface area contributed by atoms with E-state index < -0.39 is 0 Å². The quantitative estimate of drug-likeness (QED) is 0.727. The maximum atomic E-state index is 12.0. The number of hydrogen-bond acceptors (Lipinski definition) is 2. The minimum absolute atomic E-state index is 0.229. The molecule has 0 spiro atoms. The van der Waals surface area contributed by atoms with Gasteiger partial charge in [-0.05, 0) is 25.3 Å². The van der Waals surface area contributed by atoms with E-state index in [0.29, 0.717) is 17.9 Å². The standard InChI is InChI=1S/C15H19NO/c1-11(12-7-3-2-4-8-12)16-13-9-5-6-10-14(17)15(13)16/h2-4,7-8,11,13,15H,5-6,9-10H2,1H3/t11-,13?,15+,16?/m1/s1. The first-order valence-electron chi connectivity index (χ1n) is 6.64. The third-order valence-electron chi connectivity index (χ3n) is 4.21. The highest BCUT2D eigenvalue weighted by Gasteiger charge is 2.54. The molecule has 1 aliphatic carbocycles. The molecule has 1 saturated heterocycles. The molecule has 2 nitrogen and oxygen atoms in total. The van der Waals surface area contributed by atoms with E-state index in [4.69, 9.17) is 0 Å². The van der Waals surface area contributed by atoms with Crippen molar-refractivity contribution in [2.45, 2.75) is 50.7 Å². The van der Waals surface area contributed by atoms with E-state index in [1.165, 1.54) is 18.4 Å². The summed E-state index contributed by atoms with van der Waals surface area (Å²) in [6, 6.07) is 11.7. The molecule has 0 bridgehead atoms. The van der Waals surface area contributed by atoms with Crippen molar-refractivity contribution in [2.75, 3.05) is 0 Å². The minimum Gasteiger partial charge on any atom is -0.298 e. The summed E-state index contributed by atoms with van der Waals surface area (Å²) in [5.41, 5.74) is 1.33. The maximum absolute atomic E-state index is 12.0. The highest BCUT2D eigenvalue weighted by molar-refractivity contribution is 5.88. The Hall–Kier alpha value is -1.15. The Morgan fingerprint density at radius 2 is 2.00 bits per heavy atom. The maximum Gasteiger partial charge on any atom is 0.151 e. The van der Waals surface area contributed by atoms with Crippen molar-refractivity contribution >= 4 is 5.78 Å². The third kappa shape index (κ3) is 1.91. The Morgan fingerprint density at radius 3 is 2.76 bits per heavy atom. The molecule has 1 heterocycles. The topological polar surface area (TPSA) is 20.1 Å². The number of likely N-dealkylation sites (tertiary alicyclic amines) is 1. The molecule has 1 saturated carbocycles. The van der Waals surface area contributed by atoms with Crippen LogP contribution in [0.4, 0.5) is 0 Å². The summed E-state index contributed by atoms with van der Waals surface area (Å²) in [5.74, 6) is 0.468. The first kappa shape index (κ1) is 11.0. The van der Waals surface area contributed by atoms with Crippen LogP contribution in [0.3, 0.4) is 0 Å². The molecule has 2 unspecified atom stereocenters. The first-order chi connectivity index (χ1) is 8.29. The second-order valence-electron chi connectivity index (χ2n) is 5.26. The van der Waals surface area contributed by atoms with Gasteiger partial charge in [-0.1, -0.05) is 36.8 Å². The fourth-order valence-corrected chi connectivity index (χ4v) is 3.22. The Labute approximate surface area is 103 Å². The van der Waals surface area contributed by atoms with Crippen LogP contribution in [-0.2, 0) is 4.79 Å². The summed E-state index contributed by atoms with van der Waals surface area (Å²) in [6.45, 7) is 2.22. The van der Waals surface area contributed by atoms with E-state index in [-0.39, 0.29) is 6.04 Å². The molecule has 1 aromatic rings. The van der Waals surface area contributed by atoms with E-state index in [9.17, 15) is 4.79 Å². The normalized spacial score (nSPS) is 33.7. The lowest BCUT2D eigenvalue weighted by molar-refractivity contribution is -0.119. The number of carbonyl (C=O) groups is 1. The van der Waals surface area contributed by atoms with Crippen molar-refractivity contribution in [1.29, 1.82) is 0 Å². The van der Waals surface area contributed by atoms with E-state index >= 15 is 0 Å². The van der Waals surface area contributed by atoms with Crippen molar-refractivity contribution in [3.05, 3.63) is 35.9 Å². The zero-order chi connectivity index (χ0) is 11.8. The van der Waals surface area contributed by atoms with Crippen molar-refractivity contribution in [2.24, 2.45) is 0 Å². The molecule has 0 aromatic heterocycles. The van der Waals surface area contributed by atoms with E-state index in [1.54, 1.807) is 0 Å². The van der Waals surface area contributed by atoms with Crippen LogP contribution in [0, 0.1) is 0 Å². The van der Waals surface area contributed by atoms with Gasteiger partial charge in [-0.3, -0.25) is 9.69 Å². The van der Waals surface area contributed by atoms with Crippen molar-refractivity contribution < 1.29 is 4.79 Å². The average molecular weight is 229 g/mol. The van der Waals surface area contributed by atoms with Crippen LogP contribution in [0.25, 0.3) is 0 Å². The molecule has 2 heteroatoms. The fraction of sp³-hybridized carbons (Fsp3) is 0.533. The molecule has 2 aliphatic rings. The Balaban J connectivity index is 1.77. The summed E-state index contributed by atoms with van der Waals surface area (Å²) >= 11 is 0. The van der Waals surface area contributed by atoms with Crippen LogP contribution in [0.15, 0.2) is 30.3 Å². The van der Waals surface area contributed by atoms with Gasteiger partial charge in [-0.25, -0.2) is 0 Å². The zero-order valence-corrected chi connectivity index (χ0v) is 10.3. The summed E-state index contributed by atoms with van der Waals surface area (Å²) in [5, 5.41) is 0. The van der Waals surface area contributed by atoms with Gasteiger partial charge in [0.05, 0.1) is 6.04 Å². The molecule has 17 heavy (non-hydrogen) atoms. The van der Waals surface area contributed by atoms with Crippen molar-refractivity contribution in [3.8, 4) is 0 Å². The molecule has 0 radical (unpaired) electrons. The Morgan fingerprint density at radius 1 is 1.24 bits per heavy atom. The average Bonchev–Trinajstić information content (AvgIpc) is 3.10. The molecule has 90 valence electrons. The Bertz CT molecular complexity index is 414. The van der Waals surface area contributed by atoms with Crippen LogP contribution in [0.1, 0.15) is 44.2 Å². The summed E-state index contributed by atoms with van der Waals surface area (Å²) in [7, 11) is 0. The van der Waals surface area contributed by atoms with Gasteiger partial charge in [0.2, 0.25) is 0 Å². The van der Waals surface area contributed by atoms with Crippen LogP contribution in [-0.4, -0.2) is 22.8 Å². The van der Waals surface area contributed by atoms with Crippen LogP contribution >= 0.6 is 0 Å². The predicted octanol–water partition coefficient (Wildman–Crippen LogP) is 2.94. The number of Topliss-reactive ketones (excluding diaryl/α,β-unsaturated/α-hetero) is 1. The van der Waals surface area contributed by atoms with Gasteiger partial charge in [0, 0.05) is 18.5 Å². The SMILES string of the molecule is C[C@H](c1ccccc1)N1C2CCCCC(=O)[C@H]21. The smallest absolute Gasteiger partial charge is 0.151 e. The van der Waals surface area contributed by atoms with Gasteiger partial charge >= 0.3 is 0 Å². The van der Waals surface area contributed by atoms with Crippen LogP contribution in [0.2, 0.25) is 0 Å². The summed E-state index contributed by atoms with van der Waals surface area (Å²) in [4.78, 5) is 14.4. The monoisotopic (exact) mass is 229 g/mol. The van der Waals surface area contributed by atoms with Gasteiger partial charge in [0.25, 0.3) is 0 Å². The molecule has 1 aliphatic heterocycles. The number of nitrogens with zero attached hydrogens (tertiary/aromatic N) is 1. The molecule has 3 rings (SSSR count). The molecule has 0 amide bonds. The van der Waals surface area contributed by atoms with Gasteiger partial charge in [-0.15, -0.1) is 0 Å². The van der Waals surface area contributed by atoms with Crippen molar-refractivity contribution in [1.82, 2.24) is 4.90 Å². The molecule has 0 N–H and O–H groups in total. The third-order valence-corrected chi connectivity index (χ3v) is 4.21. The fourth-order valence-electron chi connectivity index (χ4n) is 3.22. The lowest BCUT2D eigenvalue weighted by atomic mass is 10.1. The highest BCUT2D eigenvalue weighted by Crippen LogP contribution is 2.43. The molecule has 4 atom stereocenters. The van der Waals surface area contributed by atoms with Crippen LogP contribution in [0.5, 0.6) is 0 Å². The van der Waals surface area contributed by atoms with Gasteiger partial charge in [0.15, 0.2) is 5.78 Å². The number of hydrogen-bond donors (Lipinski definition) is 0. The minimum atomic E-state index is 0.229. The largest absolute Gasteiger partial charge is 0.298 e. The number of benzene rings is 1. The molecular weight excluding hydrogens is 210 g/mol. The van der Waals surface area contributed by atoms with Crippen molar-refractivity contribution in [3.63, 3.8) is 0 Å². The highest BCUT2D eigenvalue weighted by atomic mass is 16.1. The molecular formula is C15H19NO. The number of fused-ring (bicyclic) bond motifs is 1. The lowest BCUT2D eigenvalue weighted by Gasteiger charge is -2.16. The van der Waals surface area contributed by atoms with Gasteiger partial charge in [-0.2, -0.15) is 0 Å². The van der Waals surface area contributed by atoms with E-state index in [0.717, 1.165) is 12.8 Å². The second-order valence-corrected chi connectivity index (χ2v) is 5.26. The predicted molar refractivity (Wildman–Crippen MR) is 67.7 cm³/mol. The number of carbonyl (C=O) groups excluding carboxylic acids is 1. The molecule has 1 aromatic carbocycles. The van der Waals surface area contributed by atoms with Gasteiger partial charge in [0.1, 0.15) is 0 Å². The first-order valence-corrected chi connectivity index (χ1v) is 6.64. The lowest BCUT2D eigenvalue weighted by Crippen LogP contribution is -2.15. The Kier molecular flexibility index (Phi) is 2.75. The summed E-state index contributed by atoms with van der Waals surface area (Å²) in [6.07, 6.45) is 4.30. The number of ketones is 1. The molecule has 2 fully saturated rings.